The first-order valence-electron chi connectivity index (χ1n) is 6.55. The summed E-state index contributed by atoms with van der Waals surface area (Å²) in [5.74, 6) is -1.05. The summed E-state index contributed by atoms with van der Waals surface area (Å²) in [6.45, 7) is 5.31. The number of rotatable bonds is 10. The van der Waals surface area contributed by atoms with E-state index in [9.17, 15) is 9.59 Å². The number of carboxylic acid groups (broad SMARTS) is 1. The quantitative estimate of drug-likeness (QED) is 0.621. The van der Waals surface area contributed by atoms with E-state index in [4.69, 9.17) is 14.6 Å². The molecule has 0 aliphatic rings. The topological polar surface area (TPSA) is 88.1 Å². The van der Waals surface area contributed by atoms with Crippen LogP contribution in [0.4, 0.5) is 4.79 Å². The highest BCUT2D eigenvalue weighted by molar-refractivity contribution is 5.80. The number of nitrogens with zero attached hydrogens (tertiary/aromatic N) is 1. The summed E-state index contributed by atoms with van der Waals surface area (Å²) >= 11 is 0. The van der Waals surface area contributed by atoms with Crippen molar-refractivity contribution in [1.29, 1.82) is 0 Å². The number of hydrogen-bond donors (Lipinski definition) is 2. The standard InChI is InChI=1S/C13H26N2O5/c1-13(2,5-7-19-3)10-14-12(18)15(6-8-20-4)9-11(16)17/h5-10H2,1-4H3,(H,14,18)(H,16,17). The van der Waals surface area contributed by atoms with Gasteiger partial charge in [0, 0.05) is 33.9 Å². The number of ether oxygens (including phenoxy) is 2. The van der Waals surface area contributed by atoms with E-state index in [0.29, 0.717) is 19.8 Å². The first kappa shape index (κ1) is 18.7. The van der Waals surface area contributed by atoms with Crippen LogP contribution in [-0.2, 0) is 14.3 Å². The van der Waals surface area contributed by atoms with Crippen molar-refractivity contribution >= 4 is 12.0 Å². The first-order valence-corrected chi connectivity index (χ1v) is 6.55. The van der Waals surface area contributed by atoms with Gasteiger partial charge >= 0.3 is 12.0 Å². The van der Waals surface area contributed by atoms with Crippen molar-refractivity contribution in [3.05, 3.63) is 0 Å². The van der Waals surface area contributed by atoms with Gasteiger partial charge < -0.3 is 24.8 Å². The minimum Gasteiger partial charge on any atom is -0.480 e. The zero-order chi connectivity index (χ0) is 15.6. The van der Waals surface area contributed by atoms with E-state index < -0.39 is 12.0 Å². The zero-order valence-electron chi connectivity index (χ0n) is 12.8. The van der Waals surface area contributed by atoms with Gasteiger partial charge in [0.05, 0.1) is 6.61 Å². The average Bonchev–Trinajstić information content (AvgIpc) is 2.38. The number of carboxylic acids is 1. The Kier molecular flexibility index (Phi) is 8.91. The predicted molar refractivity (Wildman–Crippen MR) is 74.8 cm³/mol. The lowest BCUT2D eigenvalue weighted by Gasteiger charge is -2.27. The number of aliphatic carboxylic acids is 1. The van der Waals surface area contributed by atoms with Gasteiger partial charge in [0.1, 0.15) is 6.54 Å². The molecular weight excluding hydrogens is 264 g/mol. The Bertz CT molecular complexity index is 307. The molecule has 0 aliphatic heterocycles. The monoisotopic (exact) mass is 290 g/mol. The maximum absolute atomic E-state index is 12.0. The maximum atomic E-state index is 12.0. The maximum Gasteiger partial charge on any atom is 0.323 e. The third kappa shape index (κ3) is 8.71. The van der Waals surface area contributed by atoms with Gasteiger partial charge in [-0.25, -0.2) is 4.79 Å². The van der Waals surface area contributed by atoms with Crippen LogP contribution in [0.25, 0.3) is 0 Å². The Morgan fingerprint density at radius 3 is 2.30 bits per heavy atom. The molecule has 7 heteroatoms. The number of amides is 2. The number of carbonyl (C=O) groups is 2. The van der Waals surface area contributed by atoms with Crippen molar-refractivity contribution < 1.29 is 24.2 Å². The van der Waals surface area contributed by atoms with Crippen molar-refractivity contribution in [1.82, 2.24) is 10.2 Å². The first-order chi connectivity index (χ1) is 9.32. The van der Waals surface area contributed by atoms with Gasteiger partial charge in [0.15, 0.2) is 0 Å². The second-order valence-corrected chi connectivity index (χ2v) is 5.37. The molecule has 0 bridgehead atoms. The molecule has 0 aliphatic carbocycles. The second kappa shape index (κ2) is 9.55. The lowest BCUT2D eigenvalue weighted by atomic mass is 9.90. The third-order valence-electron chi connectivity index (χ3n) is 2.88. The Hall–Kier alpha value is -1.34. The molecule has 0 spiro atoms. The Morgan fingerprint density at radius 1 is 1.20 bits per heavy atom. The van der Waals surface area contributed by atoms with Crippen LogP contribution in [0.15, 0.2) is 0 Å². The van der Waals surface area contributed by atoms with Gasteiger partial charge in [-0.1, -0.05) is 13.8 Å². The van der Waals surface area contributed by atoms with Gasteiger partial charge in [-0.2, -0.15) is 0 Å². The number of hydrogen-bond acceptors (Lipinski definition) is 4. The molecule has 0 unspecified atom stereocenters. The molecule has 0 aromatic carbocycles. The van der Waals surface area contributed by atoms with Crippen LogP contribution < -0.4 is 5.32 Å². The molecule has 7 nitrogen and oxygen atoms in total. The minimum atomic E-state index is -1.05. The summed E-state index contributed by atoms with van der Waals surface area (Å²) in [6, 6.07) is -0.394. The highest BCUT2D eigenvalue weighted by atomic mass is 16.5. The fraction of sp³-hybridized carbons (Fsp3) is 0.846. The van der Waals surface area contributed by atoms with Gasteiger partial charge in [-0.15, -0.1) is 0 Å². The Labute approximate surface area is 120 Å². The van der Waals surface area contributed by atoms with Crippen molar-refractivity contribution in [2.75, 3.05) is 47.1 Å². The number of nitrogens with one attached hydrogen (secondary N) is 1. The fourth-order valence-electron chi connectivity index (χ4n) is 1.51. The van der Waals surface area contributed by atoms with E-state index in [1.165, 1.54) is 12.0 Å². The summed E-state index contributed by atoms with van der Waals surface area (Å²) in [4.78, 5) is 23.9. The molecule has 0 saturated heterocycles. The largest absolute Gasteiger partial charge is 0.480 e. The molecule has 0 saturated carbocycles. The molecule has 0 aromatic heterocycles. The molecule has 118 valence electrons. The zero-order valence-corrected chi connectivity index (χ0v) is 12.8. The number of carbonyl (C=O) groups excluding carboxylic acids is 1. The molecule has 0 fully saturated rings. The van der Waals surface area contributed by atoms with Crippen LogP contribution in [-0.4, -0.2) is 69.1 Å². The van der Waals surface area contributed by atoms with Crippen molar-refractivity contribution in [3.63, 3.8) is 0 Å². The summed E-state index contributed by atoms with van der Waals surface area (Å²) in [6.07, 6.45) is 0.806. The van der Waals surface area contributed by atoms with Crippen LogP contribution in [0, 0.1) is 5.41 Å². The molecule has 0 radical (unpaired) electrons. The van der Waals surface area contributed by atoms with Crippen LogP contribution in [0.1, 0.15) is 20.3 Å². The van der Waals surface area contributed by atoms with Crippen molar-refractivity contribution in [3.8, 4) is 0 Å². The predicted octanol–water partition coefficient (Wildman–Crippen LogP) is 0.792. The molecule has 0 rings (SSSR count). The highest BCUT2D eigenvalue weighted by Gasteiger charge is 2.21. The summed E-state index contributed by atoms with van der Waals surface area (Å²) < 4.78 is 9.89. The van der Waals surface area contributed by atoms with Crippen LogP contribution in [0.3, 0.4) is 0 Å². The summed E-state index contributed by atoms with van der Waals surface area (Å²) in [7, 11) is 3.14. The molecule has 0 atom stereocenters. The molecule has 2 amide bonds. The van der Waals surface area contributed by atoms with Crippen LogP contribution in [0.2, 0.25) is 0 Å². The van der Waals surface area contributed by atoms with E-state index in [1.807, 2.05) is 13.8 Å². The third-order valence-corrected chi connectivity index (χ3v) is 2.88. The van der Waals surface area contributed by atoms with E-state index in [0.717, 1.165) is 6.42 Å². The van der Waals surface area contributed by atoms with Gasteiger partial charge in [0.25, 0.3) is 0 Å². The van der Waals surface area contributed by atoms with Gasteiger partial charge in [-0.05, 0) is 11.8 Å². The molecule has 20 heavy (non-hydrogen) atoms. The SMILES string of the molecule is COCCN(CC(=O)O)C(=O)NCC(C)(C)CCOC. The lowest BCUT2D eigenvalue weighted by Crippen LogP contribution is -2.46. The molecular formula is C13H26N2O5. The van der Waals surface area contributed by atoms with E-state index in [1.54, 1.807) is 7.11 Å². The Balaban J connectivity index is 4.33. The highest BCUT2D eigenvalue weighted by Crippen LogP contribution is 2.18. The molecule has 0 aromatic rings. The molecule has 0 heterocycles. The van der Waals surface area contributed by atoms with E-state index in [2.05, 4.69) is 5.32 Å². The Morgan fingerprint density at radius 2 is 1.80 bits per heavy atom. The smallest absolute Gasteiger partial charge is 0.323 e. The van der Waals surface area contributed by atoms with E-state index >= 15 is 0 Å². The fourth-order valence-corrected chi connectivity index (χ4v) is 1.51. The lowest BCUT2D eigenvalue weighted by molar-refractivity contribution is -0.137. The second-order valence-electron chi connectivity index (χ2n) is 5.37. The van der Waals surface area contributed by atoms with Crippen LogP contribution in [0.5, 0.6) is 0 Å². The van der Waals surface area contributed by atoms with Crippen LogP contribution >= 0.6 is 0 Å². The molecule has 2 N–H and O–H groups in total. The van der Waals surface area contributed by atoms with Gasteiger partial charge in [-0.3, -0.25) is 4.79 Å². The van der Waals surface area contributed by atoms with Crippen molar-refractivity contribution in [2.45, 2.75) is 20.3 Å². The summed E-state index contributed by atoms with van der Waals surface area (Å²) in [5.41, 5.74) is -0.109. The van der Waals surface area contributed by atoms with Gasteiger partial charge in [0.2, 0.25) is 0 Å². The normalized spacial score (nSPS) is 11.2. The average molecular weight is 290 g/mol. The van der Waals surface area contributed by atoms with E-state index in [-0.39, 0.29) is 18.5 Å². The van der Waals surface area contributed by atoms with Crippen molar-refractivity contribution in [2.24, 2.45) is 5.41 Å². The minimum absolute atomic E-state index is 0.109. The summed E-state index contributed by atoms with van der Waals surface area (Å²) in [5, 5.41) is 11.6. The number of urea groups is 1. The number of methoxy groups -OCH3 is 2.